The molecule has 9 heterocycles. The molecule has 0 spiro atoms. The number of thioether (sulfide) groups is 2. The zero-order chi connectivity index (χ0) is 97.1. The van der Waals surface area contributed by atoms with Crippen molar-refractivity contribution in [2.45, 2.75) is 124 Å². The summed E-state index contributed by atoms with van der Waals surface area (Å²) in [6, 6.07) is 69.1. The summed E-state index contributed by atoms with van der Waals surface area (Å²) < 4.78 is 18.3. The van der Waals surface area contributed by atoms with Crippen molar-refractivity contribution < 1.29 is 291 Å². The van der Waals surface area contributed by atoms with Crippen LogP contribution in [0.2, 0.25) is 20.1 Å². The van der Waals surface area contributed by atoms with E-state index in [-0.39, 0.29) is 308 Å². The van der Waals surface area contributed by atoms with Crippen molar-refractivity contribution >= 4 is 250 Å². The number of esters is 1. The first kappa shape index (κ1) is 129. The van der Waals surface area contributed by atoms with Crippen LogP contribution in [0, 0.1) is 0 Å². The Labute approximate surface area is 1060 Å². The Kier molecular flexibility index (Phi) is 60.7. The van der Waals surface area contributed by atoms with Gasteiger partial charge in [0.25, 0.3) is 12.9 Å². The Morgan fingerprint density at radius 2 is 0.893 bits per heavy atom. The van der Waals surface area contributed by atoms with Crippen LogP contribution in [-0.4, -0.2) is 129 Å². The first-order valence-corrected chi connectivity index (χ1v) is 52.8. The number of nitrogens with one attached hydrogen (secondary N) is 4. The monoisotopic (exact) mass is 2420 g/mol. The number of carbonyl (C=O) groups is 10. The molecule has 8 atom stereocenters. The van der Waals surface area contributed by atoms with Crippen LogP contribution in [0.15, 0.2) is 294 Å². The maximum Gasteiger partial charge on any atom is 1.00 e. The topological polar surface area (TPSA) is 340 Å². The number of hydrogen-bond donors (Lipinski definition) is 5. The van der Waals surface area contributed by atoms with Crippen molar-refractivity contribution in [1.82, 2.24) is 21.3 Å². The van der Waals surface area contributed by atoms with E-state index in [4.69, 9.17) is 81.7 Å². The molecule has 0 aliphatic carbocycles. The number of carbonyl (C=O) groups excluding carboxylic acids is 10. The van der Waals surface area contributed by atoms with Crippen molar-refractivity contribution in [3.63, 3.8) is 0 Å². The Morgan fingerprint density at radius 3 is 1.23 bits per heavy atom. The third-order valence-corrected chi connectivity index (χ3v) is 32.4. The predicted octanol–water partition coefficient (Wildman–Crippen LogP) is 8.78. The number of Topliss-reactive ketones (excluding diaryl/α,β-unsaturated/α-hetero) is 4. The number of halogens is 7. The molecule has 17 rings (SSSR count). The van der Waals surface area contributed by atoms with Gasteiger partial charge in [0.05, 0.1) is 81.2 Å². The van der Waals surface area contributed by atoms with Gasteiger partial charge in [-0.25, -0.2) is 0 Å². The number of amides is 3. The molecule has 42 heteroatoms. The molecule has 5 saturated heterocycles. The van der Waals surface area contributed by atoms with Gasteiger partial charge in [-0.3, -0.25) is 47.9 Å². The van der Waals surface area contributed by atoms with E-state index < -0.39 is 38.6 Å². The van der Waals surface area contributed by atoms with Crippen LogP contribution >= 0.6 is 185 Å². The van der Waals surface area contributed by atoms with Gasteiger partial charge >= 0.3 is 212 Å². The first-order chi connectivity index (χ1) is 65.0. The predicted molar refractivity (Wildman–Crippen MR) is 554 cm³/mol. The molecule has 8 unspecified atom stereocenters. The van der Waals surface area contributed by atoms with Crippen LogP contribution < -0.4 is 248 Å². The zero-order valence-corrected chi connectivity index (χ0v) is 103. The number of nitrogens with zero attached hydrogens (tertiary/aromatic N) is 1. The maximum absolute atomic E-state index is 13.4. The molecule has 12 aromatic rings. The number of rotatable bonds is 22. The number of ketones is 4. The molecule has 5 aliphatic rings. The van der Waals surface area contributed by atoms with Gasteiger partial charge in [-0.15, -0.1) is 23.5 Å². The van der Waals surface area contributed by atoms with Crippen LogP contribution in [0.4, 0.5) is 5.69 Å². The molecule has 140 heavy (non-hydrogen) atoms. The third-order valence-electron chi connectivity index (χ3n) is 21.2. The van der Waals surface area contributed by atoms with Crippen LogP contribution in [0.3, 0.4) is 0 Å². The van der Waals surface area contributed by atoms with E-state index in [0.29, 0.717) is 29.2 Å². The van der Waals surface area contributed by atoms with E-state index in [0.717, 1.165) is 126 Å². The molecule has 4 aromatic heterocycles. The molecule has 8 aromatic carbocycles. The van der Waals surface area contributed by atoms with E-state index >= 15 is 0 Å². The van der Waals surface area contributed by atoms with Gasteiger partial charge in [0.15, 0.2) is 11.6 Å². The molecule has 6 N–H and O–H groups in total. The average molecular weight is 2420 g/mol. The Morgan fingerprint density at radius 1 is 0.514 bits per heavy atom. The van der Waals surface area contributed by atoms with Gasteiger partial charge < -0.3 is 69.3 Å². The van der Waals surface area contributed by atoms with Gasteiger partial charge in [-0.2, -0.15) is 45.3 Å². The van der Waals surface area contributed by atoms with Gasteiger partial charge in [0, 0.05) is 90.5 Å². The van der Waals surface area contributed by atoms with Crippen molar-refractivity contribution in [1.29, 1.82) is 0 Å². The number of benzene rings is 8. The van der Waals surface area contributed by atoms with E-state index in [1.807, 2.05) is 237 Å². The Hall–Kier alpha value is -1.83. The first-order valence-electron chi connectivity index (χ1n) is 41.2. The SMILES string of the molecule is C.CC1CN(c2ccc(C3(c4ccsc4)CC(=O)C(Sc4ccccc4Cl)C(=O)N3)cc2)CCO1.CC1CNCCO1.COC(=O)CC(=O)CC(N)(c1ccc(Br)cc1)c1ccsc1.Clc1ccccc1SSc1ccccc1Cl.O=C1CC(=O)NC(c2ccc(Br)cc2)(c2ccsc2)C1.O=C1CC(c2ccc(Br)cc2)(c2ccsc2)NC(=O)C1Sc1ccccc1Cl.O=CO[O-].O=CO[O-].[H-].[H-].[K+].[K+].[K+].[K+]. The van der Waals surface area contributed by atoms with E-state index in [2.05, 4.69) is 114 Å². The second-order valence-electron chi connectivity index (χ2n) is 30.3. The Balaban J connectivity index is 0.000000441. The molecule has 0 radical (unpaired) electrons. The zero-order valence-electron chi connectivity index (χ0n) is 78.2. The fourth-order valence-corrected chi connectivity index (χ4v) is 23.8. The van der Waals surface area contributed by atoms with Crippen molar-refractivity contribution in [2.24, 2.45) is 5.73 Å². The molecule has 0 saturated carbocycles. The van der Waals surface area contributed by atoms with Crippen molar-refractivity contribution in [3.8, 4) is 0 Å². The van der Waals surface area contributed by atoms with Gasteiger partial charge in [-0.1, -0.05) is 220 Å². The molecular formula is C98H95Br3Cl4K4N6O17S8. The molecule has 720 valence electrons. The quantitative estimate of drug-likeness (QED) is 0.00804. The molecule has 5 fully saturated rings. The number of ether oxygens (including phenoxy) is 3. The number of morpholine rings is 2. The van der Waals surface area contributed by atoms with Crippen LogP contribution in [0.5, 0.6) is 0 Å². The third kappa shape index (κ3) is 37.9. The number of anilines is 1. The summed E-state index contributed by atoms with van der Waals surface area (Å²) in [6.45, 7) is 9.08. The second-order valence-corrected chi connectivity index (χ2v) is 42.3. The average Bonchev–Trinajstić information content (AvgIpc) is 1.27. The number of hydrogen-bond acceptors (Lipinski definition) is 28. The second kappa shape index (κ2) is 66.1. The van der Waals surface area contributed by atoms with E-state index in [9.17, 15) is 38.4 Å². The van der Waals surface area contributed by atoms with E-state index in [1.165, 1.54) is 42.0 Å². The fraction of sp³-hybridized carbons (Fsp3) is 0.245. The summed E-state index contributed by atoms with van der Waals surface area (Å²) in [5.41, 5.74) is 11.5. The maximum atomic E-state index is 13.4. The normalized spacial score (nSPS) is 19.1. The molecular weight excluding hydrogens is 2330 g/mol. The Bertz CT molecular complexity index is 5830. The number of methoxy groups -OCH3 is 1. The summed E-state index contributed by atoms with van der Waals surface area (Å²) in [4.78, 5) is 129. The van der Waals surface area contributed by atoms with Crippen LogP contribution in [0.1, 0.15) is 107 Å². The van der Waals surface area contributed by atoms with E-state index in [1.54, 1.807) is 67.7 Å². The minimum Gasteiger partial charge on any atom is -1.00 e. The van der Waals surface area contributed by atoms with Gasteiger partial charge in [0.2, 0.25) is 17.7 Å². The summed E-state index contributed by atoms with van der Waals surface area (Å²) in [5.74, 6) is -1.84. The largest absolute Gasteiger partial charge is 1.00 e. The standard InChI is InChI=1S/C26H25ClN2O3S2.C21H15BrClNO2S2.C16H16BrNO3S.C15H12BrNO2S.C12H8Cl2S2.C5H11NO.2CH2O3.CH4.4K.2H/c1-17-15-29(11-12-32-17)20-8-6-18(7-9-20)26(19-10-13-33-16-19)14-22(30)24(25(31)28-26)34-23-5-3-2-4-21(23)27;22-15-7-5-13(6-8-15)21(14-9-10-27-12-14)11-17(25)19(20(26)24-21)28-18-4-2-1-3-16(18)23;1-21-15(20)8-14(19)9-16(18,12-6-7-22-10-12)11-2-4-13(17)5-3-11;16-12-3-1-10(2-4-12)15(11-5-6-20-9-11)8-13(18)7-14(19)17-15;13-9-5-1-3-7-11(9)15-16-12-8-4-2-6-10(12)14;1-5-4-6-2-3-7-5;2*2-1-4-3;;;;;;;/h2-10,13,16-17,24H,11-12,14-15H2,1H3,(H,28,31);1-10,12,19H,11H2,(H,24,26);2-7,10H,8-9,18H2,1H3;1-6,9H,7-8H2,(H,17,19);1-8H;5-6H,2-4H2,1H3;2*1,3H;1H4;;;;;;/q;;;;;;;;;4*+1;2*-1/p-2. The van der Waals surface area contributed by atoms with Crippen molar-refractivity contribution in [2.75, 3.05) is 51.4 Å². The summed E-state index contributed by atoms with van der Waals surface area (Å²) >= 11 is 43.5. The minimum absolute atomic E-state index is 0. The smallest absolute Gasteiger partial charge is 1.00 e. The summed E-state index contributed by atoms with van der Waals surface area (Å²) in [6.07, 6.45) is 1.04. The van der Waals surface area contributed by atoms with Gasteiger partial charge in [-0.05, 0) is 223 Å². The molecule has 23 nitrogen and oxygen atoms in total. The number of thiophene rings is 4. The number of nitrogens with two attached hydrogens (primary N) is 1. The summed E-state index contributed by atoms with van der Waals surface area (Å²) in [5, 5.41) is 46.2. The number of piperidine rings is 3. The molecule has 0 bridgehead atoms. The summed E-state index contributed by atoms with van der Waals surface area (Å²) in [7, 11) is 4.49. The fourth-order valence-electron chi connectivity index (χ4n) is 14.7. The van der Waals surface area contributed by atoms with Gasteiger partial charge in [0.1, 0.15) is 28.5 Å². The van der Waals surface area contributed by atoms with Crippen LogP contribution in [-0.2, 0) is 94.1 Å². The van der Waals surface area contributed by atoms with Crippen LogP contribution in [0.25, 0.3) is 0 Å². The van der Waals surface area contributed by atoms with Crippen molar-refractivity contribution in [3.05, 3.63) is 339 Å². The molecule has 5 aliphatic heterocycles. The minimum atomic E-state index is -0.953. The molecule has 3 amide bonds.